The number of carboxylic acid groups (broad SMARTS) is 1. The Balaban J connectivity index is 2.01. The van der Waals surface area contributed by atoms with Gasteiger partial charge >= 0.3 is 5.97 Å². The number of nitrogens with zero attached hydrogens (tertiary/aromatic N) is 3. The summed E-state index contributed by atoms with van der Waals surface area (Å²) in [6, 6.07) is 5.11. The van der Waals surface area contributed by atoms with E-state index in [9.17, 15) is 9.90 Å². The van der Waals surface area contributed by atoms with Crippen LogP contribution < -0.4 is 14.8 Å². The Morgan fingerprint density at radius 1 is 1.44 bits per heavy atom. The van der Waals surface area contributed by atoms with E-state index in [2.05, 4.69) is 15.4 Å². The highest BCUT2D eigenvalue weighted by molar-refractivity contribution is 6.30. The smallest absolute Gasteiger partial charge is 0.357 e. The van der Waals surface area contributed by atoms with Gasteiger partial charge in [0.05, 0.1) is 23.7 Å². The van der Waals surface area contributed by atoms with E-state index in [1.165, 1.54) is 18.0 Å². The van der Waals surface area contributed by atoms with Gasteiger partial charge in [0.1, 0.15) is 28.9 Å². The summed E-state index contributed by atoms with van der Waals surface area (Å²) in [6.07, 6.45) is 1.40. The SMILES string of the molecule is COc1cc2c(cc1-n1nc(C(=O)O)c3cnc(Cl)cc31)OCCN2. The largest absolute Gasteiger partial charge is 0.494 e. The fourth-order valence-corrected chi connectivity index (χ4v) is 2.96. The fraction of sp³-hybridized carbons (Fsp3) is 0.188. The minimum atomic E-state index is -1.15. The molecule has 1 aliphatic rings. The van der Waals surface area contributed by atoms with Crippen LogP contribution in [0.3, 0.4) is 0 Å². The molecule has 2 aromatic heterocycles. The van der Waals surface area contributed by atoms with Crippen LogP contribution in [-0.4, -0.2) is 46.1 Å². The standard InChI is InChI=1S/C16H13ClN4O4/c1-24-13-4-9-12(25-3-2-18-9)5-11(13)21-10-6-14(17)19-7-8(10)15(20-21)16(22)23/h4-7,18H,2-3H2,1H3,(H,22,23). The molecule has 0 bridgehead atoms. The van der Waals surface area contributed by atoms with Gasteiger partial charge in [-0.25, -0.2) is 14.5 Å². The molecule has 4 rings (SSSR count). The quantitative estimate of drug-likeness (QED) is 0.692. The third-order valence-corrected chi connectivity index (χ3v) is 4.13. The van der Waals surface area contributed by atoms with Crippen LogP contribution in [0.2, 0.25) is 5.15 Å². The number of hydrogen-bond donors (Lipinski definition) is 2. The first-order valence-electron chi connectivity index (χ1n) is 7.45. The van der Waals surface area contributed by atoms with Crippen molar-refractivity contribution in [3.05, 3.63) is 35.2 Å². The van der Waals surface area contributed by atoms with Gasteiger partial charge in [-0.2, -0.15) is 5.10 Å². The first-order valence-corrected chi connectivity index (χ1v) is 7.83. The molecule has 2 N–H and O–H groups in total. The van der Waals surface area contributed by atoms with Gasteiger partial charge in [-0.1, -0.05) is 11.6 Å². The lowest BCUT2D eigenvalue weighted by Crippen LogP contribution is -2.18. The maximum atomic E-state index is 11.5. The Morgan fingerprint density at radius 2 is 2.28 bits per heavy atom. The molecule has 0 amide bonds. The Kier molecular flexibility index (Phi) is 3.61. The molecule has 0 saturated carbocycles. The zero-order chi connectivity index (χ0) is 17.6. The molecule has 0 aliphatic carbocycles. The van der Waals surface area contributed by atoms with E-state index in [1.54, 1.807) is 18.2 Å². The number of nitrogens with one attached hydrogen (secondary N) is 1. The maximum absolute atomic E-state index is 11.5. The number of halogens is 1. The Hall–Kier alpha value is -3.00. The highest BCUT2D eigenvalue weighted by Crippen LogP contribution is 2.38. The number of benzene rings is 1. The molecule has 0 fully saturated rings. The van der Waals surface area contributed by atoms with Crippen LogP contribution in [0, 0.1) is 0 Å². The number of hydrogen-bond acceptors (Lipinski definition) is 6. The molecule has 0 spiro atoms. The number of fused-ring (bicyclic) bond motifs is 2. The average Bonchev–Trinajstić information content (AvgIpc) is 2.99. The molecule has 1 aromatic carbocycles. The first-order chi connectivity index (χ1) is 12.1. The normalized spacial score (nSPS) is 13.0. The number of aromatic carboxylic acids is 1. The van der Waals surface area contributed by atoms with E-state index in [4.69, 9.17) is 21.1 Å². The lowest BCUT2D eigenvalue weighted by molar-refractivity contribution is 0.0692. The minimum Gasteiger partial charge on any atom is -0.494 e. The summed E-state index contributed by atoms with van der Waals surface area (Å²) >= 11 is 5.99. The van der Waals surface area contributed by atoms with Gasteiger partial charge in [0.15, 0.2) is 5.69 Å². The third-order valence-electron chi connectivity index (χ3n) is 3.92. The van der Waals surface area contributed by atoms with Crippen LogP contribution in [0.5, 0.6) is 11.5 Å². The molecule has 0 radical (unpaired) electrons. The van der Waals surface area contributed by atoms with E-state index in [1.807, 2.05) is 0 Å². The molecule has 8 nitrogen and oxygen atoms in total. The van der Waals surface area contributed by atoms with Crippen LogP contribution >= 0.6 is 11.6 Å². The van der Waals surface area contributed by atoms with Crippen molar-refractivity contribution in [2.75, 3.05) is 25.6 Å². The number of ether oxygens (including phenoxy) is 2. The predicted molar refractivity (Wildman–Crippen MR) is 91.4 cm³/mol. The molecule has 3 heterocycles. The van der Waals surface area contributed by atoms with Gasteiger partial charge in [0.25, 0.3) is 0 Å². The minimum absolute atomic E-state index is 0.113. The lowest BCUT2D eigenvalue weighted by Gasteiger charge is -2.21. The maximum Gasteiger partial charge on any atom is 0.357 e. The summed E-state index contributed by atoms with van der Waals surface area (Å²) in [7, 11) is 1.53. The van der Waals surface area contributed by atoms with Crippen LogP contribution in [0.15, 0.2) is 24.4 Å². The third kappa shape index (κ3) is 2.51. The first kappa shape index (κ1) is 15.5. The van der Waals surface area contributed by atoms with Gasteiger partial charge in [-0.05, 0) is 0 Å². The lowest BCUT2D eigenvalue weighted by atomic mass is 10.2. The zero-order valence-electron chi connectivity index (χ0n) is 13.1. The van der Waals surface area contributed by atoms with E-state index >= 15 is 0 Å². The molecule has 128 valence electrons. The van der Waals surface area contributed by atoms with E-state index < -0.39 is 5.97 Å². The summed E-state index contributed by atoms with van der Waals surface area (Å²) in [6.45, 7) is 1.24. The zero-order valence-corrected chi connectivity index (χ0v) is 13.9. The van der Waals surface area contributed by atoms with Crippen molar-refractivity contribution in [3.63, 3.8) is 0 Å². The second-order valence-electron chi connectivity index (χ2n) is 5.39. The summed E-state index contributed by atoms with van der Waals surface area (Å²) in [5.41, 5.74) is 1.75. The number of rotatable bonds is 3. The van der Waals surface area contributed by atoms with E-state index in [0.29, 0.717) is 41.2 Å². The second kappa shape index (κ2) is 5.82. The number of aromatic nitrogens is 3. The predicted octanol–water partition coefficient (Wildman–Crippen LogP) is 2.58. The van der Waals surface area contributed by atoms with Crippen LogP contribution in [0.25, 0.3) is 16.6 Å². The number of anilines is 1. The Morgan fingerprint density at radius 3 is 3.04 bits per heavy atom. The summed E-state index contributed by atoms with van der Waals surface area (Å²) in [4.78, 5) is 15.5. The topological polar surface area (TPSA) is 98.5 Å². The molecular weight excluding hydrogens is 348 g/mol. The van der Waals surface area contributed by atoms with Crippen molar-refractivity contribution in [2.45, 2.75) is 0 Å². The van der Waals surface area contributed by atoms with Crippen LogP contribution in [0.1, 0.15) is 10.5 Å². The summed E-state index contributed by atoms with van der Waals surface area (Å²) < 4.78 is 12.6. The Bertz CT molecular complexity index is 1000. The van der Waals surface area contributed by atoms with Crippen molar-refractivity contribution in [1.29, 1.82) is 0 Å². The fourth-order valence-electron chi connectivity index (χ4n) is 2.81. The second-order valence-corrected chi connectivity index (χ2v) is 5.77. The highest BCUT2D eigenvalue weighted by Gasteiger charge is 2.22. The number of carbonyl (C=O) groups is 1. The molecule has 3 aromatic rings. The van der Waals surface area contributed by atoms with Gasteiger partial charge in [0, 0.05) is 30.9 Å². The van der Waals surface area contributed by atoms with Crippen LogP contribution in [-0.2, 0) is 0 Å². The van der Waals surface area contributed by atoms with Gasteiger partial charge < -0.3 is 19.9 Å². The van der Waals surface area contributed by atoms with Gasteiger partial charge in [-0.15, -0.1) is 0 Å². The number of pyridine rings is 1. The highest BCUT2D eigenvalue weighted by atomic mass is 35.5. The Labute approximate surface area is 146 Å². The van der Waals surface area contributed by atoms with Crippen molar-refractivity contribution in [2.24, 2.45) is 0 Å². The van der Waals surface area contributed by atoms with Gasteiger partial charge in [0.2, 0.25) is 0 Å². The van der Waals surface area contributed by atoms with E-state index in [0.717, 1.165) is 5.69 Å². The molecule has 0 saturated heterocycles. The molecule has 1 aliphatic heterocycles. The van der Waals surface area contributed by atoms with Gasteiger partial charge in [-0.3, -0.25) is 0 Å². The van der Waals surface area contributed by atoms with Crippen molar-refractivity contribution >= 4 is 34.2 Å². The summed E-state index contributed by atoms with van der Waals surface area (Å²) in [5.74, 6) is 0.0106. The van der Waals surface area contributed by atoms with Crippen LogP contribution in [0.4, 0.5) is 5.69 Å². The monoisotopic (exact) mass is 360 g/mol. The molecule has 9 heteroatoms. The number of methoxy groups -OCH3 is 1. The molecular formula is C16H13ClN4O4. The van der Waals surface area contributed by atoms with Crippen molar-refractivity contribution in [3.8, 4) is 17.2 Å². The van der Waals surface area contributed by atoms with Crippen molar-refractivity contribution < 1.29 is 19.4 Å². The molecule has 0 unspecified atom stereocenters. The molecule has 25 heavy (non-hydrogen) atoms. The number of carboxylic acids is 1. The average molecular weight is 361 g/mol. The molecule has 0 atom stereocenters. The summed E-state index contributed by atoms with van der Waals surface area (Å²) in [5, 5.41) is 17.5. The van der Waals surface area contributed by atoms with Crippen molar-refractivity contribution in [1.82, 2.24) is 14.8 Å². The van der Waals surface area contributed by atoms with E-state index in [-0.39, 0.29) is 10.8 Å².